The number of esters is 1. The number of aromatic nitrogens is 2. The van der Waals surface area contributed by atoms with Gasteiger partial charge in [-0.15, -0.1) is 11.3 Å². The van der Waals surface area contributed by atoms with Crippen LogP contribution >= 0.6 is 11.3 Å². The smallest absolute Gasteiger partial charge is 0.373 e. The normalized spacial score (nSPS) is 11.3. The van der Waals surface area contributed by atoms with E-state index in [-0.39, 0.29) is 23.8 Å². The van der Waals surface area contributed by atoms with Crippen LogP contribution in [0.2, 0.25) is 0 Å². The quantitative estimate of drug-likeness (QED) is 0.449. The molecule has 148 valence electrons. The lowest BCUT2D eigenvalue weighted by molar-refractivity contribution is 0.0563. The maximum Gasteiger partial charge on any atom is 0.373 e. The summed E-state index contributed by atoms with van der Waals surface area (Å²) >= 11 is 1.51. The van der Waals surface area contributed by atoms with Crippen LogP contribution in [0.1, 0.15) is 41.9 Å². The minimum Gasteiger partial charge on any atom is -0.463 e. The highest BCUT2D eigenvalue weighted by Crippen LogP contribution is 2.31. The molecule has 0 N–H and O–H groups in total. The van der Waals surface area contributed by atoms with Crippen LogP contribution in [0.4, 0.5) is 0 Å². The summed E-state index contributed by atoms with van der Waals surface area (Å²) in [6.45, 7) is 4.19. The van der Waals surface area contributed by atoms with Gasteiger partial charge in [-0.3, -0.25) is 9.36 Å². The molecule has 0 aliphatic heterocycles. The highest BCUT2D eigenvalue weighted by atomic mass is 32.1. The number of ether oxygens (including phenoxy) is 1. The molecule has 4 aromatic rings. The van der Waals surface area contributed by atoms with Gasteiger partial charge in [-0.1, -0.05) is 44.2 Å². The lowest BCUT2D eigenvalue weighted by atomic mass is 10.1. The summed E-state index contributed by atoms with van der Waals surface area (Å²) in [6.07, 6.45) is 0. The van der Waals surface area contributed by atoms with Gasteiger partial charge in [-0.2, -0.15) is 0 Å². The Morgan fingerprint density at radius 1 is 1.21 bits per heavy atom. The Bertz CT molecular complexity index is 1230. The third-order valence-corrected chi connectivity index (χ3v) is 5.70. The lowest BCUT2D eigenvalue weighted by Gasteiger charge is -2.13. The van der Waals surface area contributed by atoms with Crippen LogP contribution in [0, 0.1) is 0 Å². The van der Waals surface area contributed by atoms with Gasteiger partial charge in [-0.05, 0) is 23.8 Å². The van der Waals surface area contributed by atoms with E-state index in [1.54, 1.807) is 16.7 Å². The van der Waals surface area contributed by atoms with Crippen molar-refractivity contribution in [2.24, 2.45) is 0 Å². The van der Waals surface area contributed by atoms with Gasteiger partial charge in [0, 0.05) is 10.8 Å². The zero-order chi connectivity index (χ0) is 20.5. The topological polar surface area (TPSA) is 74.3 Å². The van der Waals surface area contributed by atoms with E-state index in [4.69, 9.17) is 9.40 Å². The van der Waals surface area contributed by atoms with Gasteiger partial charge in [0.1, 0.15) is 16.4 Å². The number of hydrogen-bond donors (Lipinski definition) is 0. The summed E-state index contributed by atoms with van der Waals surface area (Å²) in [5, 5.41) is 0.581. The number of rotatable bonds is 5. The van der Waals surface area contributed by atoms with Crippen molar-refractivity contribution in [2.45, 2.75) is 26.3 Å². The standard InChI is InChI=1S/C22H20N2O4S/c1-13(2)19-23-20-16(11-18(29-20)14-7-5-4-6-8-14)21(25)24(19)12-15-9-10-17(28-15)22(26)27-3/h4-11,13H,12H2,1-3H3. The molecule has 6 nitrogen and oxygen atoms in total. The molecule has 4 rings (SSSR count). The third-order valence-electron chi connectivity index (χ3n) is 4.62. The number of thiophene rings is 1. The first-order valence-corrected chi connectivity index (χ1v) is 10.1. The van der Waals surface area contributed by atoms with Gasteiger partial charge in [0.15, 0.2) is 0 Å². The number of hydrogen-bond acceptors (Lipinski definition) is 6. The minimum atomic E-state index is -0.549. The van der Waals surface area contributed by atoms with Crippen molar-refractivity contribution in [3.05, 3.63) is 76.2 Å². The Labute approximate surface area is 171 Å². The Hall–Kier alpha value is -3.19. The molecule has 0 atom stereocenters. The number of furan rings is 1. The molecule has 29 heavy (non-hydrogen) atoms. The lowest BCUT2D eigenvalue weighted by Crippen LogP contribution is -2.26. The van der Waals surface area contributed by atoms with Crippen molar-refractivity contribution in [1.82, 2.24) is 9.55 Å². The Morgan fingerprint density at radius 2 is 1.97 bits per heavy atom. The van der Waals surface area contributed by atoms with Crippen LogP contribution < -0.4 is 5.56 Å². The molecular weight excluding hydrogens is 388 g/mol. The number of benzene rings is 1. The molecule has 0 aliphatic carbocycles. The number of carbonyl (C=O) groups excluding carboxylic acids is 1. The largest absolute Gasteiger partial charge is 0.463 e. The van der Waals surface area contributed by atoms with E-state index in [9.17, 15) is 9.59 Å². The summed E-state index contributed by atoms with van der Waals surface area (Å²) in [6, 6.07) is 15.1. The zero-order valence-electron chi connectivity index (χ0n) is 16.3. The van der Waals surface area contributed by atoms with Gasteiger partial charge in [0.2, 0.25) is 5.76 Å². The minimum absolute atomic E-state index is 0.0458. The zero-order valence-corrected chi connectivity index (χ0v) is 17.2. The van der Waals surface area contributed by atoms with Crippen molar-refractivity contribution in [3.63, 3.8) is 0 Å². The summed E-state index contributed by atoms with van der Waals surface area (Å²) in [5.74, 6) is 0.780. The maximum atomic E-state index is 13.3. The average Bonchev–Trinajstić information content (AvgIpc) is 3.37. The van der Waals surface area contributed by atoms with Gasteiger partial charge in [0.05, 0.1) is 19.0 Å². The van der Waals surface area contributed by atoms with E-state index in [2.05, 4.69) is 4.74 Å². The number of methoxy groups -OCH3 is 1. The molecule has 0 unspecified atom stereocenters. The predicted molar refractivity (Wildman–Crippen MR) is 113 cm³/mol. The van der Waals surface area contributed by atoms with Gasteiger partial charge >= 0.3 is 5.97 Å². The van der Waals surface area contributed by atoms with E-state index in [1.807, 2.05) is 50.2 Å². The number of nitrogens with zero attached hydrogens (tertiary/aromatic N) is 2. The molecule has 0 amide bonds. The first kappa shape index (κ1) is 19.1. The van der Waals surface area contributed by atoms with Crippen LogP contribution in [-0.4, -0.2) is 22.6 Å². The molecule has 0 aliphatic rings. The molecule has 0 saturated carbocycles. The Morgan fingerprint density at radius 3 is 2.66 bits per heavy atom. The van der Waals surface area contributed by atoms with Gasteiger partial charge in [-0.25, -0.2) is 9.78 Å². The Balaban J connectivity index is 1.81. The molecule has 0 spiro atoms. The monoisotopic (exact) mass is 408 g/mol. The van der Waals surface area contributed by atoms with Gasteiger partial charge < -0.3 is 9.15 Å². The summed E-state index contributed by atoms with van der Waals surface area (Å²) in [7, 11) is 1.30. The molecule has 7 heteroatoms. The first-order valence-electron chi connectivity index (χ1n) is 9.24. The van der Waals surface area contributed by atoms with Crippen LogP contribution in [0.15, 0.2) is 57.7 Å². The van der Waals surface area contributed by atoms with E-state index >= 15 is 0 Å². The van der Waals surface area contributed by atoms with Gasteiger partial charge in [0.25, 0.3) is 5.56 Å². The summed E-state index contributed by atoms with van der Waals surface area (Å²) in [5.41, 5.74) is 0.939. The SMILES string of the molecule is COC(=O)c1ccc(Cn2c(C(C)C)nc3sc(-c4ccccc4)cc3c2=O)o1. The number of fused-ring (bicyclic) bond motifs is 1. The predicted octanol–water partition coefficient (Wildman–Crippen LogP) is 4.68. The van der Waals surface area contributed by atoms with Crippen LogP contribution in [0.5, 0.6) is 0 Å². The second-order valence-corrected chi connectivity index (χ2v) is 8.00. The van der Waals surface area contributed by atoms with Crippen molar-refractivity contribution < 1.29 is 13.9 Å². The first-order chi connectivity index (χ1) is 14.0. The number of carbonyl (C=O) groups is 1. The van der Waals surface area contributed by atoms with Crippen LogP contribution in [0.25, 0.3) is 20.7 Å². The third kappa shape index (κ3) is 3.61. The van der Waals surface area contributed by atoms with Crippen molar-refractivity contribution in [3.8, 4) is 10.4 Å². The fraction of sp³-hybridized carbons (Fsp3) is 0.227. The summed E-state index contributed by atoms with van der Waals surface area (Å²) < 4.78 is 11.9. The molecule has 0 bridgehead atoms. The second-order valence-electron chi connectivity index (χ2n) is 6.97. The fourth-order valence-corrected chi connectivity index (χ4v) is 4.23. The Kier molecular flexibility index (Phi) is 5.07. The highest BCUT2D eigenvalue weighted by molar-refractivity contribution is 7.21. The molecule has 1 aromatic carbocycles. The van der Waals surface area contributed by atoms with E-state index < -0.39 is 5.97 Å². The van der Waals surface area contributed by atoms with Crippen molar-refractivity contribution >= 4 is 27.5 Å². The van der Waals surface area contributed by atoms with E-state index in [0.29, 0.717) is 17.0 Å². The highest BCUT2D eigenvalue weighted by Gasteiger charge is 2.19. The fourth-order valence-electron chi connectivity index (χ4n) is 3.20. The van der Waals surface area contributed by atoms with Crippen LogP contribution in [-0.2, 0) is 11.3 Å². The van der Waals surface area contributed by atoms with Crippen molar-refractivity contribution in [1.29, 1.82) is 0 Å². The second kappa shape index (κ2) is 7.67. The molecule has 0 fully saturated rings. The van der Waals surface area contributed by atoms with Crippen molar-refractivity contribution in [2.75, 3.05) is 7.11 Å². The van der Waals surface area contributed by atoms with E-state index in [0.717, 1.165) is 15.3 Å². The summed E-state index contributed by atoms with van der Waals surface area (Å²) in [4.78, 5) is 31.4. The molecule has 0 saturated heterocycles. The molecule has 0 radical (unpaired) electrons. The van der Waals surface area contributed by atoms with Crippen LogP contribution in [0.3, 0.4) is 0 Å². The molecule has 3 heterocycles. The average molecular weight is 408 g/mol. The maximum absolute atomic E-state index is 13.3. The van der Waals surface area contributed by atoms with E-state index in [1.165, 1.54) is 18.4 Å². The molecule has 3 aromatic heterocycles. The molecular formula is C22H20N2O4S.